The van der Waals surface area contributed by atoms with Gasteiger partial charge in [0.2, 0.25) is 5.91 Å². The molecule has 7 heteroatoms. The van der Waals surface area contributed by atoms with Crippen molar-refractivity contribution in [3.05, 3.63) is 35.4 Å². The second-order valence-electron chi connectivity index (χ2n) is 6.10. The van der Waals surface area contributed by atoms with E-state index in [-0.39, 0.29) is 12.5 Å². The molecule has 0 bridgehead atoms. The molecule has 2 N–H and O–H groups in total. The molecule has 0 aromatic heterocycles. The van der Waals surface area contributed by atoms with Crippen LogP contribution in [0.25, 0.3) is 0 Å². The Morgan fingerprint density at radius 3 is 2.58 bits per heavy atom. The molecule has 1 saturated heterocycles. The van der Waals surface area contributed by atoms with E-state index >= 15 is 0 Å². The third-order valence-electron chi connectivity index (χ3n) is 3.99. The van der Waals surface area contributed by atoms with Crippen molar-refractivity contribution in [2.45, 2.75) is 38.6 Å². The number of nitrogens with one attached hydrogen (secondary N) is 2. The van der Waals surface area contributed by atoms with Gasteiger partial charge in [0.25, 0.3) is 0 Å². The van der Waals surface area contributed by atoms with Gasteiger partial charge in [-0.25, -0.2) is 0 Å². The van der Waals surface area contributed by atoms with Crippen LogP contribution in [-0.2, 0) is 22.7 Å². The molecule has 2 rings (SSSR count). The van der Waals surface area contributed by atoms with Crippen LogP contribution in [0.5, 0.6) is 0 Å². The fraction of sp³-hybridized carbons (Fsp3) is 0.588. The topological polar surface area (TPSA) is 50.4 Å². The molecule has 1 unspecified atom stereocenters. The smallest absolute Gasteiger partial charge is 0.367 e. The number of alkyl halides is 3. The third-order valence-corrected chi connectivity index (χ3v) is 3.99. The average Bonchev–Trinajstić information content (AvgIpc) is 3.04. The lowest BCUT2D eigenvalue weighted by atomic mass is 10.0. The number of amides is 1. The van der Waals surface area contributed by atoms with Crippen LogP contribution in [0.3, 0.4) is 0 Å². The van der Waals surface area contributed by atoms with Gasteiger partial charge in [0.05, 0.1) is 6.61 Å². The summed E-state index contributed by atoms with van der Waals surface area (Å²) >= 11 is 0. The van der Waals surface area contributed by atoms with Gasteiger partial charge in [-0.15, -0.1) is 0 Å². The maximum Gasteiger partial charge on any atom is 0.411 e. The fourth-order valence-corrected chi connectivity index (χ4v) is 2.62. The molecule has 134 valence electrons. The first-order valence-corrected chi connectivity index (χ1v) is 8.12. The summed E-state index contributed by atoms with van der Waals surface area (Å²) in [6.07, 6.45) is -1.76. The predicted molar refractivity (Wildman–Crippen MR) is 84.2 cm³/mol. The molecular formula is C17H23F3N2O2. The van der Waals surface area contributed by atoms with Crippen molar-refractivity contribution < 1.29 is 22.7 Å². The Kier molecular flexibility index (Phi) is 7.05. The monoisotopic (exact) mass is 344 g/mol. The normalized spacial score (nSPS) is 17.9. The van der Waals surface area contributed by atoms with Crippen molar-refractivity contribution in [3.8, 4) is 0 Å². The van der Waals surface area contributed by atoms with Crippen LogP contribution in [0, 0.1) is 5.92 Å². The van der Waals surface area contributed by atoms with Gasteiger partial charge in [-0.3, -0.25) is 4.79 Å². The molecule has 4 nitrogen and oxygen atoms in total. The second-order valence-corrected chi connectivity index (χ2v) is 6.10. The summed E-state index contributed by atoms with van der Waals surface area (Å²) < 4.78 is 40.6. The molecule has 1 aromatic rings. The van der Waals surface area contributed by atoms with Gasteiger partial charge in [-0.05, 0) is 43.0 Å². The molecule has 1 heterocycles. The standard InChI is InChI=1S/C17H23F3N2O2/c18-17(19,20)12-24-11-15-3-1-13(2-4-15)10-22-16(23)6-5-14-7-8-21-9-14/h1-4,14,21H,5-12H2,(H,22,23). The Balaban J connectivity index is 1.64. The van der Waals surface area contributed by atoms with Crippen LogP contribution >= 0.6 is 0 Å². The second kappa shape index (κ2) is 9.03. The SMILES string of the molecule is O=C(CCC1CCNC1)NCc1ccc(COCC(F)(F)F)cc1. The van der Waals surface area contributed by atoms with E-state index < -0.39 is 12.8 Å². The van der Waals surface area contributed by atoms with Crippen LogP contribution < -0.4 is 10.6 Å². The molecule has 1 atom stereocenters. The van der Waals surface area contributed by atoms with Gasteiger partial charge in [-0.2, -0.15) is 13.2 Å². The summed E-state index contributed by atoms with van der Waals surface area (Å²) in [6.45, 7) is 1.12. The average molecular weight is 344 g/mol. The van der Waals surface area contributed by atoms with E-state index in [1.807, 2.05) is 0 Å². The number of rotatable bonds is 8. The van der Waals surface area contributed by atoms with Crippen molar-refractivity contribution in [1.29, 1.82) is 0 Å². The van der Waals surface area contributed by atoms with Crippen molar-refractivity contribution in [2.75, 3.05) is 19.7 Å². The molecule has 0 spiro atoms. The predicted octanol–water partition coefficient (Wildman–Crippen LogP) is 2.77. The molecule has 1 aliphatic rings. The number of halogens is 3. The zero-order valence-electron chi connectivity index (χ0n) is 13.5. The van der Waals surface area contributed by atoms with E-state index in [0.29, 0.717) is 24.4 Å². The van der Waals surface area contributed by atoms with E-state index in [0.717, 1.165) is 31.5 Å². The first kappa shape index (κ1) is 18.7. The van der Waals surface area contributed by atoms with Gasteiger partial charge in [0.1, 0.15) is 6.61 Å². The van der Waals surface area contributed by atoms with Crippen LogP contribution in [0.2, 0.25) is 0 Å². The van der Waals surface area contributed by atoms with Crippen LogP contribution in [0.15, 0.2) is 24.3 Å². The lowest BCUT2D eigenvalue weighted by Gasteiger charge is -2.10. The van der Waals surface area contributed by atoms with E-state index in [9.17, 15) is 18.0 Å². The van der Waals surface area contributed by atoms with E-state index in [1.54, 1.807) is 24.3 Å². The minimum Gasteiger partial charge on any atom is -0.367 e. The van der Waals surface area contributed by atoms with Crippen LogP contribution in [0.4, 0.5) is 13.2 Å². The molecule has 0 radical (unpaired) electrons. The molecule has 24 heavy (non-hydrogen) atoms. The molecule has 1 amide bonds. The molecule has 1 aliphatic heterocycles. The lowest BCUT2D eigenvalue weighted by molar-refractivity contribution is -0.176. The summed E-state index contributed by atoms with van der Waals surface area (Å²) in [5.41, 5.74) is 1.58. The summed E-state index contributed by atoms with van der Waals surface area (Å²) in [5, 5.41) is 6.14. The zero-order chi connectivity index (χ0) is 17.4. The van der Waals surface area contributed by atoms with Gasteiger partial charge < -0.3 is 15.4 Å². The maximum atomic E-state index is 12.0. The Morgan fingerprint density at radius 2 is 1.96 bits per heavy atom. The number of hydrogen-bond acceptors (Lipinski definition) is 3. The minimum absolute atomic E-state index is 0.0273. The van der Waals surface area contributed by atoms with Gasteiger partial charge in [0.15, 0.2) is 0 Å². The summed E-state index contributed by atoms with van der Waals surface area (Å²) in [6, 6.07) is 6.99. The summed E-state index contributed by atoms with van der Waals surface area (Å²) in [7, 11) is 0. The van der Waals surface area contributed by atoms with Crippen molar-refractivity contribution in [1.82, 2.24) is 10.6 Å². The highest BCUT2D eigenvalue weighted by Crippen LogP contribution is 2.16. The van der Waals surface area contributed by atoms with Crippen LogP contribution in [0.1, 0.15) is 30.4 Å². The Labute approximate surface area is 139 Å². The van der Waals surface area contributed by atoms with E-state index in [4.69, 9.17) is 0 Å². The number of ether oxygens (including phenoxy) is 1. The van der Waals surface area contributed by atoms with E-state index in [2.05, 4.69) is 15.4 Å². The molecular weight excluding hydrogens is 321 g/mol. The van der Waals surface area contributed by atoms with Crippen molar-refractivity contribution in [2.24, 2.45) is 5.92 Å². The minimum atomic E-state index is -4.31. The number of hydrogen-bond donors (Lipinski definition) is 2. The first-order valence-electron chi connectivity index (χ1n) is 8.12. The Bertz CT molecular complexity index is 512. The molecule has 1 aromatic carbocycles. The Morgan fingerprint density at radius 1 is 1.25 bits per heavy atom. The third kappa shape index (κ3) is 7.31. The molecule has 0 saturated carbocycles. The highest BCUT2D eigenvalue weighted by atomic mass is 19.4. The Hall–Kier alpha value is -1.60. The highest BCUT2D eigenvalue weighted by Gasteiger charge is 2.27. The van der Waals surface area contributed by atoms with Gasteiger partial charge in [0, 0.05) is 13.0 Å². The number of carbonyl (C=O) groups is 1. The van der Waals surface area contributed by atoms with Gasteiger partial charge >= 0.3 is 6.18 Å². The fourth-order valence-electron chi connectivity index (χ4n) is 2.62. The van der Waals surface area contributed by atoms with Crippen LogP contribution in [-0.4, -0.2) is 31.8 Å². The molecule has 0 aliphatic carbocycles. The van der Waals surface area contributed by atoms with Crippen molar-refractivity contribution >= 4 is 5.91 Å². The summed E-state index contributed by atoms with van der Waals surface area (Å²) in [5.74, 6) is 0.617. The maximum absolute atomic E-state index is 12.0. The summed E-state index contributed by atoms with van der Waals surface area (Å²) in [4.78, 5) is 11.8. The lowest BCUT2D eigenvalue weighted by Crippen LogP contribution is -2.23. The number of benzene rings is 1. The zero-order valence-corrected chi connectivity index (χ0v) is 13.5. The highest BCUT2D eigenvalue weighted by molar-refractivity contribution is 5.75. The molecule has 1 fully saturated rings. The number of carbonyl (C=O) groups excluding carboxylic acids is 1. The van der Waals surface area contributed by atoms with E-state index in [1.165, 1.54) is 0 Å². The van der Waals surface area contributed by atoms with Gasteiger partial charge in [-0.1, -0.05) is 24.3 Å². The first-order chi connectivity index (χ1) is 11.4. The van der Waals surface area contributed by atoms with Crippen molar-refractivity contribution in [3.63, 3.8) is 0 Å². The largest absolute Gasteiger partial charge is 0.411 e. The quantitative estimate of drug-likeness (QED) is 0.762.